The first-order valence-corrected chi connectivity index (χ1v) is 7.75. The lowest BCUT2D eigenvalue weighted by Crippen LogP contribution is -2.58. The summed E-state index contributed by atoms with van der Waals surface area (Å²) in [5.41, 5.74) is 1.45. The molecular weight excluding hydrogens is 232 g/mol. The van der Waals surface area contributed by atoms with E-state index in [-0.39, 0.29) is 0 Å². The molecule has 2 aliphatic rings. The third-order valence-corrected chi connectivity index (χ3v) is 4.68. The summed E-state index contributed by atoms with van der Waals surface area (Å²) in [4.78, 5) is 2.71. The highest BCUT2D eigenvalue weighted by molar-refractivity contribution is 5.15. The first-order chi connectivity index (χ1) is 9.24. The van der Waals surface area contributed by atoms with Gasteiger partial charge in [-0.1, -0.05) is 44.2 Å². The largest absolute Gasteiger partial charge is 0.311 e. The van der Waals surface area contributed by atoms with Crippen molar-refractivity contribution in [2.75, 3.05) is 13.1 Å². The molecule has 2 heteroatoms. The Balaban J connectivity index is 1.69. The topological polar surface area (TPSA) is 15.3 Å². The van der Waals surface area contributed by atoms with Gasteiger partial charge < -0.3 is 5.32 Å². The molecule has 0 aromatic heterocycles. The van der Waals surface area contributed by atoms with Crippen molar-refractivity contribution in [2.45, 2.75) is 45.3 Å². The second-order valence-corrected chi connectivity index (χ2v) is 6.58. The zero-order valence-electron chi connectivity index (χ0n) is 12.2. The fourth-order valence-electron chi connectivity index (χ4n) is 3.33. The summed E-state index contributed by atoms with van der Waals surface area (Å²) in [6, 6.07) is 12.3. The molecule has 1 N–H and O–H groups in total. The summed E-state index contributed by atoms with van der Waals surface area (Å²) < 4.78 is 0. The Morgan fingerprint density at radius 2 is 1.95 bits per heavy atom. The van der Waals surface area contributed by atoms with Gasteiger partial charge in [-0.15, -0.1) is 0 Å². The van der Waals surface area contributed by atoms with E-state index in [0.29, 0.717) is 6.04 Å². The Kier molecular flexibility index (Phi) is 3.90. The molecule has 3 rings (SSSR count). The van der Waals surface area contributed by atoms with Crippen molar-refractivity contribution in [1.82, 2.24) is 10.2 Å². The maximum absolute atomic E-state index is 3.79. The van der Waals surface area contributed by atoms with Gasteiger partial charge in [-0.3, -0.25) is 4.90 Å². The Morgan fingerprint density at radius 1 is 1.21 bits per heavy atom. The van der Waals surface area contributed by atoms with Crippen LogP contribution in [0.25, 0.3) is 0 Å². The highest BCUT2D eigenvalue weighted by atomic mass is 15.2. The predicted molar refractivity (Wildman–Crippen MR) is 80.0 cm³/mol. The molecule has 1 aliphatic carbocycles. The first kappa shape index (κ1) is 13.1. The number of hydrogen-bond donors (Lipinski definition) is 1. The summed E-state index contributed by atoms with van der Waals surface area (Å²) in [6.07, 6.45) is 2.87. The molecule has 0 amide bonds. The molecule has 1 aromatic rings. The SMILES string of the molecule is CC(C)C1CNC(C2CC2)CN1Cc1ccccc1. The van der Waals surface area contributed by atoms with Crippen LogP contribution in [-0.2, 0) is 6.54 Å². The van der Waals surface area contributed by atoms with E-state index in [2.05, 4.69) is 54.4 Å². The monoisotopic (exact) mass is 258 g/mol. The van der Waals surface area contributed by atoms with Crippen LogP contribution in [0, 0.1) is 11.8 Å². The van der Waals surface area contributed by atoms with Crippen LogP contribution >= 0.6 is 0 Å². The molecule has 0 radical (unpaired) electrons. The Hall–Kier alpha value is -0.860. The standard InChI is InChI=1S/C17H26N2/c1-13(2)17-10-18-16(15-8-9-15)12-19(17)11-14-6-4-3-5-7-14/h3-7,13,15-18H,8-12H2,1-2H3. The van der Waals surface area contributed by atoms with E-state index in [1.807, 2.05) is 0 Å². The zero-order chi connectivity index (χ0) is 13.2. The lowest BCUT2D eigenvalue weighted by atomic mass is 9.96. The van der Waals surface area contributed by atoms with E-state index >= 15 is 0 Å². The molecule has 1 aliphatic heterocycles. The summed E-state index contributed by atoms with van der Waals surface area (Å²) in [5.74, 6) is 1.67. The van der Waals surface area contributed by atoms with Crippen LogP contribution in [0.1, 0.15) is 32.3 Å². The third-order valence-electron chi connectivity index (χ3n) is 4.68. The maximum Gasteiger partial charge on any atom is 0.0247 e. The highest BCUT2D eigenvalue weighted by Gasteiger charge is 2.37. The van der Waals surface area contributed by atoms with Gasteiger partial charge >= 0.3 is 0 Å². The van der Waals surface area contributed by atoms with E-state index in [1.54, 1.807) is 0 Å². The number of piperazine rings is 1. The average molecular weight is 258 g/mol. The summed E-state index contributed by atoms with van der Waals surface area (Å²) in [7, 11) is 0. The summed E-state index contributed by atoms with van der Waals surface area (Å²) >= 11 is 0. The molecule has 1 saturated heterocycles. The molecule has 2 fully saturated rings. The van der Waals surface area contributed by atoms with Gasteiger partial charge in [-0.2, -0.15) is 0 Å². The minimum Gasteiger partial charge on any atom is -0.311 e. The lowest BCUT2D eigenvalue weighted by molar-refractivity contribution is 0.0852. The molecule has 1 saturated carbocycles. The van der Waals surface area contributed by atoms with Crippen molar-refractivity contribution in [3.63, 3.8) is 0 Å². The van der Waals surface area contributed by atoms with Crippen LogP contribution in [0.3, 0.4) is 0 Å². The normalized spacial score (nSPS) is 28.8. The van der Waals surface area contributed by atoms with E-state index in [0.717, 1.165) is 31.0 Å². The van der Waals surface area contributed by atoms with E-state index in [1.165, 1.54) is 24.9 Å². The molecule has 104 valence electrons. The predicted octanol–water partition coefficient (Wildman–Crippen LogP) is 2.90. The number of hydrogen-bond acceptors (Lipinski definition) is 2. The molecular formula is C17H26N2. The van der Waals surface area contributed by atoms with Gasteiger partial charge in [0.25, 0.3) is 0 Å². The molecule has 2 nitrogen and oxygen atoms in total. The fourth-order valence-corrected chi connectivity index (χ4v) is 3.33. The average Bonchev–Trinajstić information content (AvgIpc) is 3.24. The number of benzene rings is 1. The Labute approximate surface area is 117 Å². The number of nitrogens with one attached hydrogen (secondary N) is 1. The lowest BCUT2D eigenvalue weighted by Gasteiger charge is -2.42. The first-order valence-electron chi connectivity index (χ1n) is 7.75. The second-order valence-electron chi connectivity index (χ2n) is 6.58. The van der Waals surface area contributed by atoms with Crippen molar-refractivity contribution >= 4 is 0 Å². The molecule has 0 bridgehead atoms. The van der Waals surface area contributed by atoms with E-state index in [9.17, 15) is 0 Å². The number of nitrogens with zero attached hydrogens (tertiary/aromatic N) is 1. The molecule has 1 aromatic carbocycles. The minimum atomic E-state index is 0.676. The van der Waals surface area contributed by atoms with Crippen LogP contribution < -0.4 is 5.32 Å². The van der Waals surface area contributed by atoms with Gasteiger partial charge in [0.1, 0.15) is 0 Å². The molecule has 2 atom stereocenters. The second kappa shape index (κ2) is 5.64. The third kappa shape index (κ3) is 3.18. The van der Waals surface area contributed by atoms with Crippen LogP contribution in [-0.4, -0.2) is 30.1 Å². The molecule has 2 unspecified atom stereocenters. The van der Waals surface area contributed by atoms with Gasteiger partial charge in [-0.25, -0.2) is 0 Å². The molecule has 19 heavy (non-hydrogen) atoms. The van der Waals surface area contributed by atoms with Crippen molar-refractivity contribution in [1.29, 1.82) is 0 Å². The summed E-state index contributed by atoms with van der Waals surface area (Å²) in [6.45, 7) is 8.19. The van der Waals surface area contributed by atoms with Crippen LogP contribution in [0.5, 0.6) is 0 Å². The van der Waals surface area contributed by atoms with Crippen LogP contribution in [0.15, 0.2) is 30.3 Å². The smallest absolute Gasteiger partial charge is 0.0247 e. The van der Waals surface area contributed by atoms with Gasteiger partial charge in [0.15, 0.2) is 0 Å². The van der Waals surface area contributed by atoms with Crippen molar-refractivity contribution in [3.8, 4) is 0 Å². The molecule has 0 spiro atoms. The van der Waals surface area contributed by atoms with Crippen molar-refractivity contribution in [3.05, 3.63) is 35.9 Å². The van der Waals surface area contributed by atoms with Crippen molar-refractivity contribution < 1.29 is 0 Å². The van der Waals surface area contributed by atoms with Gasteiger partial charge in [0.2, 0.25) is 0 Å². The van der Waals surface area contributed by atoms with Gasteiger partial charge in [0, 0.05) is 31.7 Å². The fraction of sp³-hybridized carbons (Fsp3) is 0.647. The zero-order valence-corrected chi connectivity index (χ0v) is 12.2. The van der Waals surface area contributed by atoms with Crippen molar-refractivity contribution in [2.24, 2.45) is 11.8 Å². The quantitative estimate of drug-likeness (QED) is 0.893. The van der Waals surface area contributed by atoms with Crippen LogP contribution in [0.4, 0.5) is 0 Å². The Morgan fingerprint density at radius 3 is 2.58 bits per heavy atom. The van der Waals surface area contributed by atoms with E-state index in [4.69, 9.17) is 0 Å². The minimum absolute atomic E-state index is 0.676. The highest BCUT2D eigenvalue weighted by Crippen LogP contribution is 2.35. The van der Waals surface area contributed by atoms with E-state index < -0.39 is 0 Å². The summed E-state index contributed by atoms with van der Waals surface area (Å²) in [5, 5.41) is 3.79. The van der Waals surface area contributed by atoms with Crippen LogP contribution in [0.2, 0.25) is 0 Å². The maximum atomic E-state index is 3.79. The van der Waals surface area contributed by atoms with Gasteiger partial charge in [-0.05, 0) is 30.2 Å². The molecule has 1 heterocycles. The van der Waals surface area contributed by atoms with Gasteiger partial charge in [0.05, 0.1) is 0 Å². The Bertz CT molecular complexity index is 397. The number of rotatable bonds is 4.